The molecule has 0 aliphatic carbocycles. The van der Waals surface area contributed by atoms with E-state index >= 15 is 0 Å². The highest BCUT2D eigenvalue weighted by Gasteiger charge is 2.24. The topological polar surface area (TPSA) is 41.9 Å². The second-order valence-electron chi connectivity index (χ2n) is 5.77. The molecular formula is C19H20N2O2. The molecule has 1 atom stereocenters. The van der Waals surface area contributed by atoms with Gasteiger partial charge in [-0.2, -0.15) is 0 Å². The molecule has 0 saturated carbocycles. The zero-order valence-corrected chi connectivity index (χ0v) is 13.2. The predicted molar refractivity (Wildman–Crippen MR) is 90.3 cm³/mol. The van der Waals surface area contributed by atoms with Crippen LogP contribution in [-0.2, 0) is 16.1 Å². The summed E-state index contributed by atoms with van der Waals surface area (Å²) >= 11 is 0. The number of nitrogens with zero attached hydrogens (tertiary/aromatic N) is 2. The molecule has 1 heterocycles. The van der Waals surface area contributed by atoms with E-state index in [1.165, 1.54) is 0 Å². The molecule has 1 amide bonds. The zero-order chi connectivity index (χ0) is 16.1. The van der Waals surface area contributed by atoms with Crippen molar-refractivity contribution in [3.05, 3.63) is 71.8 Å². The molecule has 0 N–H and O–H groups in total. The highest BCUT2D eigenvalue weighted by molar-refractivity contribution is 6.01. The van der Waals surface area contributed by atoms with Crippen molar-refractivity contribution in [3.8, 4) is 0 Å². The number of amides is 1. The Morgan fingerprint density at radius 2 is 1.78 bits per heavy atom. The lowest BCUT2D eigenvalue weighted by atomic mass is 10.0. The van der Waals surface area contributed by atoms with Crippen molar-refractivity contribution in [2.24, 2.45) is 5.16 Å². The number of carbonyl (C=O) groups excluding carboxylic acids is 1. The van der Waals surface area contributed by atoms with Crippen molar-refractivity contribution in [3.63, 3.8) is 0 Å². The van der Waals surface area contributed by atoms with E-state index in [0.717, 1.165) is 23.3 Å². The molecule has 4 heteroatoms. The monoisotopic (exact) mass is 308 g/mol. The van der Waals surface area contributed by atoms with Crippen molar-refractivity contribution in [2.75, 3.05) is 13.6 Å². The fourth-order valence-electron chi connectivity index (χ4n) is 2.64. The second kappa shape index (κ2) is 7.09. The smallest absolute Gasteiger partial charge is 0.226 e. The Hall–Kier alpha value is -2.62. The lowest BCUT2D eigenvalue weighted by Gasteiger charge is -2.20. The molecule has 23 heavy (non-hydrogen) atoms. The fraction of sp³-hybridized carbons (Fsp3) is 0.263. The molecule has 1 unspecified atom stereocenters. The largest absolute Gasteiger partial charge is 0.390 e. The molecule has 4 nitrogen and oxygen atoms in total. The van der Waals surface area contributed by atoms with Gasteiger partial charge in [-0.25, -0.2) is 0 Å². The lowest BCUT2D eigenvalue weighted by Crippen LogP contribution is -2.35. The Balaban J connectivity index is 1.51. The Labute approximate surface area is 136 Å². The first-order valence-electron chi connectivity index (χ1n) is 7.78. The number of rotatable bonds is 5. The minimum Gasteiger partial charge on any atom is -0.390 e. The van der Waals surface area contributed by atoms with Crippen LogP contribution in [0.5, 0.6) is 0 Å². The Morgan fingerprint density at radius 3 is 2.48 bits per heavy atom. The molecule has 1 aliphatic heterocycles. The van der Waals surface area contributed by atoms with Gasteiger partial charge in [-0.3, -0.25) is 4.79 Å². The summed E-state index contributed by atoms with van der Waals surface area (Å²) in [6.45, 7) is 0.547. The number of carbonyl (C=O) groups is 1. The van der Waals surface area contributed by atoms with Gasteiger partial charge >= 0.3 is 0 Å². The van der Waals surface area contributed by atoms with Crippen LogP contribution in [0, 0.1) is 0 Å². The van der Waals surface area contributed by atoms with Gasteiger partial charge in [0.1, 0.15) is 0 Å². The standard InChI is InChI=1S/C19H20N2O2/c1-21(19(22)12-15-8-4-2-5-9-15)14-17-13-18(20-23-17)16-10-6-3-7-11-16/h2-11,17H,12-14H2,1H3. The van der Waals surface area contributed by atoms with Gasteiger partial charge in [0.25, 0.3) is 0 Å². The molecule has 3 rings (SSSR count). The van der Waals surface area contributed by atoms with Crippen molar-refractivity contribution < 1.29 is 9.63 Å². The molecular weight excluding hydrogens is 288 g/mol. The number of benzene rings is 2. The van der Waals surface area contributed by atoms with Gasteiger partial charge < -0.3 is 9.74 Å². The third kappa shape index (κ3) is 3.97. The summed E-state index contributed by atoms with van der Waals surface area (Å²) in [5, 5.41) is 4.16. The van der Waals surface area contributed by atoms with Crippen molar-refractivity contribution >= 4 is 11.6 Å². The van der Waals surface area contributed by atoms with E-state index in [0.29, 0.717) is 13.0 Å². The van der Waals surface area contributed by atoms with E-state index in [-0.39, 0.29) is 12.0 Å². The fourth-order valence-corrected chi connectivity index (χ4v) is 2.64. The minimum absolute atomic E-state index is 0.0741. The first-order valence-corrected chi connectivity index (χ1v) is 7.78. The quantitative estimate of drug-likeness (QED) is 0.852. The van der Waals surface area contributed by atoms with E-state index < -0.39 is 0 Å². The van der Waals surface area contributed by atoms with Crippen molar-refractivity contribution in [1.29, 1.82) is 0 Å². The van der Waals surface area contributed by atoms with Gasteiger partial charge in [-0.05, 0) is 11.1 Å². The maximum absolute atomic E-state index is 12.3. The summed E-state index contributed by atoms with van der Waals surface area (Å²) in [6, 6.07) is 19.8. The summed E-state index contributed by atoms with van der Waals surface area (Å²) in [6.07, 6.45) is 1.07. The first-order chi connectivity index (χ1) is 11.2. The van der Waals surface area contributed by atoms with Crippen LogP contribution in [-0.4, -0.2) is 36.2 Å². The highest BCUT2D eigenvalue weighted by atomic mass is 16.6. The van der Waals surface area contributed by atoms with Gasteiger partial charge in [0.05, 0.1) is 18.7 Å². The maximum Gasteiger partial charge on any atom is 0.226 e. The van der Waals surface area contributed by atoms with E-state index in [1.807, 2.05) is 67.7 Å². The highest BCUT2D eigenvalue weighted by Crippen LogP contribution is 2.17. The van der Waals surface area contributed by atoms with Gasteiger partial charge in [0, 0.05) is 13.5 Å². The van der Waals surface area contributed by atoms with Crippen LogP contribution in [0.2, 0.25) is 0 Å². The predicted octanol–water partition coefficient (Wildman–Crippen LogP) is 2.88. The third-order valence-electron chi connectivity index (χ3n) is 3.94. The molecule has 1 aliphatic rings. The minimum atomic E-state index is -0.0741. The Morgan fingerprint density at radius 1 is 1.13 bits per heavy atom. The molecule has 2 aromatic carbocycles. The summed E-state index contributed by atoms with van der Waals surface area (Å²) in [5.74, 6) is 0.0907. The second-order valence-corrected chi connectivity index (χ2v) is 5.77. The van der Waals surface area contributed by atoms with E-state index in [9.17, 15) is 4.79 Å². The first kappa shape index (κ1) is 15.3. The summed E-state index contributed by atoms with van der Waals surface area (Å²) in [4.78, 5) is 19.5. The average Bonchev–Trinajstić information content (AvgIpc) is 3.05. The van der Waals surface area contributed by atoms with Crippen molar-refractivity contribution in [2.45, 2.75) is 18.9 Å². The molecule has 0 aromatic heterocycles. The van der Waals surface area contributed by atoms with Crippen molar-refractivity contribution in [1.82, 2.24) is 4.90 Å². The maximum atomic E-state index is 12.3. The lowest BCUT2D eigenvalue weighted by molar-refractivity contribution is -0.130. The molecule has 0 spiro atoms. The molecule has 2 aromatic rings. The van der Waals surface area contributed by atoms with Crippen LogP contribution in [0.15, 0.2) is 65.8 Å². The van der Waals surface area contributed by atoms with E-state index in [2.05, 4.69) is 5.16 Å². The van der Waals surface area contributed by atoms with Crippen LogP contribution in [0.1, 0.15) is 17.5 Å². The van der Waals surface area contributed by atoms with Crippen LogP contribution in [0.25, 0.3) is 0 Å². The van der Waals surface area contributed by atoms with Crippen LogP contribution in [0.3, 0.4) is 0 Å². The van der Waals surface area contributed by atoms with E-state index in [4.69, 9.17) is 4.84 Å². The summed E-state index contributed by atoms with van der Waals surface area (Å²) in [7, 11) is 1.81. The molecule has 118 valence electrons. The number of hydrogen-bond donors (Lipinski definition) is 0. The Bertz CT molecular complexity index is 683. The normalized spacial score (nSPS) is 16.6. The number of hydrogen-bond acceptors (Lipinski definition) is 3. The number of likely N-dealkylation sites (N-methyl/N-ethyl adjacent to an activating group) is 1. The number of oxime groups is 1. The van der Waals surface area contributed by atoms with Gasteiger partial charge in [0.2, 0.25) is 5.91 Å². The van der Waals surface area contributed by atoms with Crippen LogP contribution >= 0.6 is 0 Å². The average molecular weight is 308 g/mol. The third-order valence-corrected chi connectivity index (χ3v) is 3.94. The molecule has 0 saturated heterocycles. The van der Waals surface area contributed by atoms with Crippen LogP contribution in [0.4, 0.5) is 0 Å². The van der Waals surface area contributed by atoms with Gasteiger partial charge in [-0.1, -0.05) is 65.8 Å². The molecule has 0 bridgehead atoms. The summed E-state index contributed by atoms with van der Waals surface area (Å²) < 4.78 is 0. The summed E-state index contributed by atoms with van der Waals surface area (Å²) in [5.41, 5.74) is 3.05. The SMILES string of the molecule is CN(CC1CC(c2ccccc2)=NO1)C(=O)Cc1ccccc1. The molecule has 0 fully saturated rings. The van der Waals surface area contributed by atoms with Gasteiger partial charge in [-0.15, -0.1) is 0 Å². The zero-order valence-electron chi connectivity index (χ0n) is 13.2. The van der Waals surface area contributed by atoms with E-state index in [1.54, 1.807) is 4.90 Å². The Kier molecular flexibility index (Phi) is 4.71. The van der Waals surface area contributed by atoms with Gasteiger partial charge in [0.15, 0.2) is 6.10 Å². The molecule has 0 radical (unpaired) electrons. The van der Waals surface area contributed by atoms with Crippen LogP contribution < -0.4 is 0 Å².